The van der Waals surface area contributed by atoms with Crippen molar-refractivity contribution < 1.29 is 5.11 Å². The minimum atomic E-state index is -0.816. The van der Waals surface area contributed by atoms with Crippen LogP contribution in [-0.2, 0) is 0 Å². The molecule has 1 saturated carbocycles. The molecule has 2 heteroatoms. The standard InChI is InChI=1S/C13H21NO/c1-5-11-10-7-14(9(3)4)8-12(10)13(11,15)6-2/h2,9-12,15H,5,7-8H2,1,3-4H3. The quantitative estimate of drug-likeness (QED) is 0.691. The number of aliphatic hydroxyl groups is 1. The molecular formula is C13H21NO. The van der Waals surface area contributed by atoms with E-state index in [1.165, 1.54) is 0 Å². The van der Waals surface area contributed by atoms with Gasteiger partial charge in [0.05, 0.1) is 0 Å². The van der Waals surface area contributed by atoms with Gasteiger partial charge in [-0.25, -0.2) is 0 Å². The maximum absolute atomic E-state index is 10.4. The molecule has 84 valence electrons. The minimum Gasteiger partial charge on any atom is -0.377 e. The van der Waals surface area contributed by atoms with Gasteiger partial charge in [0, 0.05) is 31.0 Å². The summed E-state index contributed by atoms with van der Waals surface area (Å²) >= 11 is 0. The Morgan fingerprint density at radius 3 is 2.67 bits per heavy atom. The van der Waals surface area contributed by atoms with E-state index in [2.05, 4.69) is 31.6 Å². The highest BCUT2D eigenvalue weighted by molar-refractivity contribution is 5.25. The predicted molar refractivity (Wildman–Crippen MR) is 61.3 cm³/mol. The summed E-state index contributed by atoms with van der Waals surface area (Å²) in [5.74, 6) is 3.89. The second-order valence-electron chi connectivity index (χ2n) is 5.30. The van der Waals surface area contributed by atoms with Crippen LogP contribution >= 0.6 is 0 Å². The third kappa shape index (κ3) is 1.33. The lowest BCUT2D eigenvalue weighted by Crippen LogP contribution is -2.61. The van der Waals surface area contributed by atoms with Crippen molar-refractivity contribution in [1.82, 2.24) is 4.90 Å². The lowest BCUT2D eigenvalue weighted by Gasteiger charge is -2.52. The molecule has 1 saturated heterocycles. The molecule has 4 unspecified atom stereocenters. The third-order valence-corrected chi connectivity index (χ3v) is 4.44. The van der Waals surface area contributed by atoms with Gasteiger partial charge in [-0.15, -0.1) is 6.42 Å². The van der Waals surface area contributed by atoms with Gasteiger partial charge in [-0.3, -0.25) is 0 Å². The van der Waals surface area contributed by atoms with Crippen LogP contribution in [0.15, 0.2) is 0 Å². The second kappa shape index (κ2) is 3.50. The van der Waals surface area contributed by atoms with Gasteiger partial charge in [-0.2, -0.15) is 0 Å². The molecule has 0 spiro atoms. The molecule has 0 amide bonds. The second-order valence-corrected chi connectivity index (χ2v) is 5.30. The van der Waals surface area contributed by atoms with Gasteiger partial charge in [0.1, 0.15) is 5.60 Å². The highest BCUT2D eigenvalue weighted by atomic mass is 16.3. The minimum absolute atomic E-state index is 0.315. The summed E-state index contributed by atoms with van der Waals surface area (Å²) in [6.45, 7) is 8.63. The molecule has 0 aromatic rings. The lowest BCUT2D eigenvalue weighted by molar-refractivity contribution is -0.134. The Balaban J connectivity index is 2.14. The first kappa shape index (κ1) is 11.0. The fourth-order valence-electron chi connectivity index (χ4n) is 3.47. The van der Waals surface area contributed by atoms with Crippen molar-refractivity contribution in [3.63, 3.8) is 0 Å². The number of terminal acetylenes is 1. The molecule has 0 bridgehead atoms. The predicted octanol–water partition coefficient (Wildman–Crippen LogP) is 1.35. The van der Waals surface area contributed by atoms with Gasteiger partial charge in [-0.1, -0.05) is 12.8 Å². The van der Waals surface area contributed by atoms with Gasteiger partial charge in [0.25, 0.3) is 0 Å². The first-order valence-electron chi connectivity index (χ1n) is 5.98. The Hall–Kier alpha value is -0.520. The Labute approximate surface area is 92.7 Å². The fourth-order valence-corrected chi connectivity index (χ4v) is 3.47. The molecular weight excluding hydrogens is 186 g/mol. The SMILES string of the molecule is C#CC1(O)C(CC)C2CN(C(C)C)CC21. The highest BCUT2D eigenvalue weighted by Gasteiger charge is 2.62. The number of nitrogens with zero attached hydrogens (tertiary/aromatic N) is 1. The average molecular weight is 207 g/mol. The summed E-state index contributed by atoms with van der Waals surface area (Å²) in [5, 5.41) is 10.4. The van der Waals surface area contributed by atoms with E-state index in [0.29, 0.717) is 23.8 Å². The molecule has 2 fully saturated rings. The largest absolute Gasteiger partial charge is 0.377 e. The van der Waals surface area contributed by atoms with E-state index in [9.17, 15) is 5.11 Å². The molecule has 1 N–H and O–H groups in total. The van der Waals surface area contributed by atoms with Gasteiger partial charge >= 0.3 is 0 Å². The van der Waals surface area contributed by atoms with E-state index in [1.807, 2.05) is 0 Å². The Morgan fingerprint density at radius 2 is 2.20 bits per heavy atom. The van der Waals surface area contributed by atoms with Crippen molar-refractivity contribution in [1.29, 1.82) is 0 Å². The van der Waals surface area contributed by atoms with Crippen molar-refractivity contribution in [3.05, 3.63) is 0 Å². The number of fused-ring (bicyclic) bond motifs is 1. The van der Waals surface area contributed by atoms with Gasteiger partial charge in [-0.05, 0) is 26.2 Å². The molecule has 1 aliphatic carbocycles. The van der Waals surface area contributed by atoms with Crippen LogP contribution in [-0.4, -0.2) is 34.7 Å². The van der Waals surface area contributed by atoms with Crippen molar-refractivity contribution in [3.8, 4) is 12.3 Å². The Kier molecular flexibility index (Phi) is 2.56. The summed E-state index contributed by atoms with van der Waals surface area (Å²) in [4.78, 5) is 2.44. The first-order chi connectivity index (χ1) is 7.04. The van der Waals surface area contributed by atoms with Crippen molar-refractivity contribution in [2.45, 2.75) is 38.8 Å². The summed E-state index contributed by atoms with van der Waals surface area (Å²) in [6.07, 6.45) is 6.49. The molecule has 0 aromatic heterocycles. The topological polar surface area (TPSA) is 23.5 Å². The molecule has 2 nitrogen and oxygen atoms in total. The van der Waals surface area contributed by atoms with Crippen LogP contribution in [0, 0.1) is 30.1 Å². The molecule has 2 rings (SSSR count). The monoisotopic (exact) mass is 207 g/mol. The molecule has 0 aromatic carbocycles. The van der Waals surface area contributed by atoms with Gasteiger partial charge < -0.3 is 10.0 Å². The van der Waals surface area contributed by atoms with E-state index in [1.54, 1.807) is 0 Å². The summed E-state index contributed by atoms with van der Waals surface area (Å²) in [6, 6.07) is 0.565. The maximum Gasteiger partial charge on any atom is 0.132 e. The molecule has 1 heterocycles. The van der Waals surface area contributed by atoms with Crippen LogP contribution in [0.3, 0.4) is 0 Å². The zero-order valence-electron chi connectivity index (χ0n) is 9.90. The van der Waals surface area contributed by atoms with Gasteiger partial charge in [0.15, 0.2) is 0 Å². The summed E-state index contributed by atoms with van der Waals surface area (Å²) in [7, 11) is 0. The third-order valence-electron chi connectivity index (χ3n) is 4.44. The zero-order valence-corrected chi connectivity index (χ0v) is 9.90. The molecule has 2 aliphatic rings. The lowest BCUT2D eigenvalue weighted by atomic mass is 9.54. The highest BCUT2D eigenvalue weighted by Crippen LogP contribution is 2.54. The van der Waals surface area contributed by atoms with Crippen LogP contribution in [0.1, 0.15) is 27.2 Å². The summed E-state index contributed by atoms with van der Waals surface area (Å²) in [5.41, 5.74) is -0.816. The first-order valence-corrected chi connectivity index (χ1v) is 5.98. The summed E-state index contributed by atoms with van der Waals surface area (Å²) < 4.78 is 0. The number of likely N-dealkylation sites (tertiary alicyclic amines) is 1. The molecule has 15 heavy (non-hydrogen) atoms. The van der Waals surface area contributed by atoms with Crippen molar-refractivity contribution >= 4 is 0 Å². The average Bonchev–Trinajstić information content (AvgIpc) is 2.59. The molecule has 4 atom stereocenters. The van der Waals surface area contributed by atoms with E-state index >= 15 is 0 Å². The van der Waals surface area contributed by atoms with E-state index in [4.69, 9.17) is 6.42 Å². The zero-order chi connectivity index (χ0) is 11.2. The number of hydrogen-bond donors (Lipinski definition) is 1. The van der Waals surface area contributed by atoms with Crippen molar-refractivity contribution in [2.24, 2.45) is 17.8 Å². The molecule has 1 aliphatic heterocycles. The normalized spacial score (nSPS) is 44.9. The van der Waals surface area contributed by atoms with Crippen molar-refractivity contribution in [2.75, 3.05) is 13.1 Å². The van der Waals surface area contributed by atoms with E-state index in [0.717, 1.165) is 19.5 Å². The van der Waals surface area contributed by atoms with Gasteiger partial charge in [0.2, 0.25) is 0 Å². The fraction of sp³-hybridized carbons (Fsp3) is 0.846. The van der Waals surface area contributed by atoms with E-state index < -0.39 is 5.60 Å². The van der Waals surface area contributed by atoms with E-state index in [-0.39, 0.29) is 0 Å². The number of hydrogen-bond acceptors (Lipinski definition) is 2. The number of rotatable bonds is 2. The Morgan fingerprint density at radius 1 is 1.53 bits per heavy atom. The van der Waals surface area contributed by atoms with Crippen LogP contribution in [0.2, 0.25) is 0 Å². The Bertz CT molecular complexity index is 293. The van der Waals surface area contributed by atoms with Crippen LogP contribution in [0.4, 0.5) is 0 Å². The van der Waals surface area contributed by atoms with Crippen LogP contribution in [0.5, 0.6) is 0 Å². The van der Waals surface area contributed by atoms with Crippen LogP contribution in [0.25, 0.3) is 0 Å². The van der Waals surface area contributed by atoms with Crippen LogP contribution < -0.4 is 0 Å². The smallest absolute Gasteiger partial charge is 0.132 e. The molecule has 0 radical (unpaired) electrons. The maximum atomic E-state index is 10.4.